The topological polar surface area (TPSA) is 24.5 Å². The number of rotatable bonds is 3. The van der Waals surface area contributed by atoms with E-state index in [1.165, 1.54) is 19.6 Å². The molecule has 0 aliphatic carbocycles. The van der Waals surface area contributed by atoms with Gasteiger partial charge in [-0.25, -0.2) is 0 Å². The molecule has 2 heterocycles. The maximum Gasteiger partial charge on any atom is 0.0519 e. The van der Waals surface area contributed by atoms with Crippen LogP contribution in [-0.2, 0) is 4.74 Å². The van der Waals surface area contributed by atoms with Gasteiger partial charge in [-0.15, -0.1) is 0 Å². The van der Waals surface area contributed by atoms with E-state index in [9.17, 15) is 0 Å². The van der Waals surface area contributed by atoms with Gasteiger partial charge in [0.15, 0.2) is 0 Å². The molecule has 0 radical (unpaired) electrons. The molecule has 13 heavy (non-hydrogen) atoms. The Morgan fingerprint density at radius 1 is 1.38 bits per heavy atom. The molecule has 76 valence electrons. The molecule has 2 aliphatic heterocycles. The smallest absolute Gasteiger partial charge is 0.0519 e. The fourth-order valence-electron chi connectivity index (χ4n) is 2.03. The van der Waals surface area contributed by atoms with E-state index in [2.05, 4.69) is 17.1 Å². The van der Waals surface area contributed by atoms with Gasteiger partial charge in [0.05, 0.1) is 13.2 Å². The van der Waals surface area contributed by atoms with E-state index < -0.39 is 0 Å². The molecule has 1 unspecified atom stereocenters. The van der Waals surface area contributed by atoms with Crippen LogP contribution in [0.2, 0.25) is 0 Å². The lowest BCUT2D eigenvalue weighted by molar-refractivity contribution is -0.0629. The van der Waals surface area contributed by atoms with Crippen molar-refractivity contribution in [2.75, 3.05) is 45.9 Å². The van der Waals surface area contributed by atoms with E-state index >= 15 is 0 Å². The lowest BCUT2D eigenvalue weighted by atomic mass is 9.92. The summed E-state index contributed by atoms with van der Waals surface area (Å²) in [5.74, 6) is 1.64. The highest BCUT2D eigenvalue weighted by Crippen LogP contribution is 2.21. The summed E-state index contributed by atoms with van der Waals surface area (Å²) < 4.78 is 5.21. The van der Waals surface area contributed by atoms with Gasteiger partial charge in [-0.3, -0.25) is 0 Å². The standard InChI is InChI=1S/C10H20N2O/c1-9(10-7-13-8-10)6-12-4-2-11-3-5-12/h9-11H,2-8H2,1H3. The van der Waals surface area contributed by atoms with Crippen molar-refractivity contribution in [1.29, 1.82) is 0 Å². The van der Waals surface area contributed by atoms with Crippen molar-refractivity contribution in [2.45, 2.75) is 6.92 Å². The molecule has 3 heteroatoms. The molecule has 2 saturated heterocycles. The fraction of sp³-hybridized carbons (Fsp3) is 1.00. The first-order valence-electron chi connectivity index (χ1n) is 5.37. The van der Waals surface area contributed by atoms with Crippen molar-refractivity contribution in [1.82, 2.24) is 10.2 Å². The van der Waals surface area contributed by atoms with Crippen molar-refractivity contribution < 1.29 is 4.74 Å². The molecule has 0 amide bonds. The van der Waals surface area contributed by atoms with Crippen molar-refractivity contribution in [3.8, 4) is 0 Å². The number of ether oxygens (including phenoxy) is 1. The van der Waals surface area contributed by atoms with Gasteiger partial charge in [0.1, 0.15) is 0 Å². The van der Waals surface area contributed by atoms with Gasteiger partial charge in [0.25, 0.3) is 0 Å². The summed E-state index contributed by atoms with van der Waals surface area (Å²) in [5, 5.41) is 3.38. The van der Waals surface area contributed by atoms with E-state index in [-0.39, 0.29) is 0 Å². The summed E-state index contributed by atoms with van der Waals surface area (Å²) in [6.45, 7) is 10.4. The van der Waals surface area contributed by atoms with Gasteiger partial charge in [-0.2, -0.15) is 0 Å². The molecule has 2 rings (SSSR count). The molecule has 3 nitrogen and oxygen atoms in total. The zero-order valence-electron chi connectivity index (χ0n) is 8.46. The van der Waals surface area contributed by atoms with Gasteiger partial charge in [0, 0.05) is 38.6 Å². The molecule has 2 aliphatic rings. The number of hydrogen-bond acceptors (Lipinski definition) is 3. The van der Waals surface area contributed by atoms with Crippen LogP contribution in [0.5, 0.6) is 0 Å². The highest BCUT2D eigenvalue weighted by Gasteiger charge is 2.26. The van der Waals surface area contributed by atoms with Gasteiger partial charge >= 0.3 is 0 Å². The van der Waals surface area contributed by atoms with Crippen LogP contribution in [-0.4, -0.2) is 50.8 Å². The van der Waals surface area contributed by atoms with Gasteiger partial charge in [-0.05, 0) is 5.92 Å². The summed E-state index contributed by atoms with van der Waals surface area (Å²) >= 11 is 0. The SMILES string of the molecule is CC(CN1CCNCC1)C1COC1. The molecule has 0 bridgehead atoms. The zero-order valence-corrected chi connectivity index (χ0v) is 8.46. The van der Waals surface area contributed by atoms with Crippen LogP contribution in [0.25, 0.3) is 0 Å². The van der Waals surface area contributed by atoms with E-state index in [1.807, 2.05) is 0 Å². The van der Waals surface area contributed by atoms with E-state index in [0.717, 1.165) is 38.1 Å². The highest BCUT2D eigenvalue weighted by atomic mass is 16.5. The summed E-state index contributed by atoms with van der Waals surface area (Å²) in [6, 6.07) is 0. The van der Waals surface area contributed by atoms with Gasteiger partial charge in [0.2, 0.25) is 0 Å². The molecule has 2 fully saturated rings. The van der Waals surface area contributed by atoms with Crippen molar-refractivity contribution in [3.05, 3.63) is 0 Å². The fourth-order valence-corrected chi connectivity index (χ4v) is 2.03. The third kappa shape index (κ3) is 2.42. The molecule has 0 spiro atoms. The Kier molecular flexibility index (Phi) is 3.19. The lowest BCUT2D eigenvalue weighted by Gasteiger charge is -2.36. The first-order chi connectivity index (χ1) is 6.36. The normalized spacial score (nSPS) is 28.4. The van der Waals surface area contributed by atoms with Gasteiger partial charge in [-0.1, -0.05) is 6.92 Å². The van der Waals surface area contributed by atoms with Gasteiger partial charge < -0.3 is 15.0 Å². The molecular formula is C10H20N2O. The highest BCUT2D eigenvalue weighted by molar-refractivity contribution is 4.77. The Morgan fingerprint density at radius 3 is 2.62 bits per heavy atom. The van der Waals surface area contributed by atoms with Crippen LogP contribution < -0.4 is 5.32 Å². The Labute approximate surface area is 80.4 Å². The summed E-state index contributed by atoms with van der Waals surface area (Å²) in [4.78, 5) is 2.57. The second-order valence-electron chi connectivity index (χ2n) is 4.33. The molecule has 1 N–H and O–H groups in total. The Hall–Kier alpha value is -0.120. The number of piperazine rings is 1. The molecular weight excluding hydrogens is 164 g/mol. The van der Waals surface area contributed by atoms with Crippen LogP contribution in [0.3, 0.4) is 0 Å². The predicted molar refractivity (Wildman–Crippen MR) is 52.8 cm³/mol. The lowest BCUT2D eigenvalue weighted by Crippen LogP contribution is -2.47. The second-order valence-corrected chi connectivity index (χ2v) is 4.33. The molecule has 0 aromatic carbocycles. The van der Waals surface area contributed by atoms with Crippen LogP contribution in [0, 0.1) is 11.8 Å². The zero-order chi connectivity index (χ0) is 9.10. The maximum absolute atomic E-state index is 5.21. The maximum atomic E-state index is 5.21. The summed E-state index contributed by atoms with van der Waals surface area (Å²) in [7, 11) is 0. The number of nitrogens with one attached hydrogen (secondary N) is 1. The monoisotopic (exact) mass is 184 g/mol. The third-order valence-corrected chi connectivity index (χ3v) is 3.22. The van der Waals surface area contributed by atoms with Crippen LogP contribution in [0.15, 0.2) is 0 Å². The summed E-state index contributed by atoms with van der Waals surface area (Å²) in [6.07, 6.45) is 0. The van der Waals surface area contributed by atoms with E-state index in [4.69, 9.17) is 4.74 Å². The first-order valence-corrected chi connectivity index (χ1v) is 5.37. The average Bonchev–Trinajstić information content (AvgIpc) is 2.02. The van der Waals surface area contributed by atoms with Crippen molar-refractivity contribution >= 4 is 0 Å². The van der Waals surface area contributed by atoms with Crippen LogP contribution in [0.1, 0.15) is 6.92 Å². The minimum Gasteiger partial charge on any atom is -0.381 e. The van der Waals surface area contributed by atoms with Crippen molar-refractivity contribution in [2.24, 2.45) is 11.8 Å². The third-order valence-electron chi connectivity index (χ3n) is 3.22. The van der Waals surface area contributed by atoms with E-state index in [0.29, 0.717) is 0 Å². The Bertz CT molecular complexity index is 153. The molecule has 0 aromatic rings. The number of hydrogen-bond donors (Lipinski definition) is 1. The Balaban J connectivity index is 1.69. The summed E-state index contributed by atoms with van der Waals surface area (Å²) in [5.41, 5.74) is 0. The largest absolute Gasteiger partial charge is 0.381 e. The first kappa shape index (κ1) is 9.44. The predicted octanol–water partition coefficient (Wildman–Crippen LogP) is 0.174. The molecule has 1 atom stereocenters. The van der Waals surface area contributed by atoms with Crippen LogP contribution >= 0.6 is 0 Å². The average molecular weight is 184 g/mol. The quantitative estimate of drug-likeness (QED) is 0.677. The number of nitrogens with zero attached hydrogens (tertiary/aromatic N) is 1. The second kappa shape index (κ2) is 4.40. The van der Waals surface area contributed by atoms with Crippen molar-refractivity contribution in [3.63, 3.8) is 0 Å². The Morgan fingerprint density at radius 2 is 2.08 bits per heavy atom. The molecule has 0 aromatic heterocycles. The van der Waals surface area contributed by atoms with E-state index in [1.54, 1.807) is 0 Å². The van der Waals surface area contributed by atoms with Crippen LogP contribution in [0.4, 0.5) is 0 Å². The molecule has 0 saturated carbocycles. The minimum atomic E-state index is 0.812. The minimum absolute atomic E-state index is 0.812.